The van der Waals surface area contributed by atoms with Crippen LogP contribution in [0.3, 0.4) is 0 Å². The summed E-state index contributed by atoms with van der Waals surface area (Å²) in [7, 11) is 0. The monoisotopic (exact) mass is 334 g/mol. The van der Waals surface area contributed by atoms with Crippen LogP contribution in [0.1, 0.15) is 38.1 Å². The van der Waals surface area contributed by atoms with Crippen molar-refractivity contribution in [3.05, 3.63) is 29.6 Å². The normalized spacial score (nSPS) is 22.6. The average Bonchev–Trinajstić information content (AvgIpc) is 2.87. The molecule has 0 aliphatic carbocycles. The molecule has 5 heteroatoms. The van der Waals surface area contributed by atoms with Crippen LogP contribution in [-0.4, -0.2) is 45.5 Å². The first-order chi connectivity index (χ1) is 11.0. The average molecular weight is 334 g/mol. The summed E-state index contributed by atoms with van der Waals surface area (Å²) in [6.07, 6.45) is 2.00. The van der Waals surface area contributed by atoms with Crippen molar-refractivity contribution < 1.29 is 9.53 Å². The van der Waals surface area contributed by atoms with E-state index in [2.05, 4.69) is 18.8 Å². The molecule has 126 valence electrons. The molecule has 23 heavy (non-hydrogen) atoms. The summed E-state index contributed by atoms with van der Waals surface area (Å²) in [4.78, 5) is 18.6. The fourth-order valence-corrected chi connectivity index (χ4v) is 4.87. The molecule has 1 aromatic rings. The first-order valence-electron chi connectivity index (χ1n) is 8.42. The quantitative estimate of drug-likeness (QED) is 0.830. The third kappa shape index (κ3) is 4.07. The summed E-state index contributed by atoms with van der Waals surface area (Å²) in [5.41, 5.74) is 2.03. The predicted molar refractivity (Wildman–Crippen MR) is 93.4 cm³/mol. The Labute approximate surface area is 143 Å². The molecular weight excluding hydrogens is 308 g/mol. The predicted octanol–water partition coefficient (Wildman–Crippen LogP) is 3.04. The van der Waals surface area contributed by atoms with Crippen LogP contribution in [-0.2, 0) is 16.1 Å². The van der Waals surface area contributed by atoms with Crippen LogP contribution in [0.4, 0.5) is 0 Å². The van der Waals surface area contributed by atoms with Crippen LogP contribution >= 0.6 is 11.8 Å². The highest BCUT2D eigenvalue weighted by Crippen LogP contribution is 2.46. The van der Waals surface area contributed by atoms with Gasteiger partial charge in [-0.25, -0.2) is 0 Å². The van der Waals surface area contributed by atoms with Crippen molar-refractivity contribution in [3.63, 3.8) is 0 Å². The topological polar surface area (TPSA) is 42.4 Å². The number of hydrogen-bond donors (Lipinski definition) is 0. The fraction of sp³-hybridized carbons (Fsp3) is 0.667. The van der Waals surface area contributed by atoms with Gasteiger partial charge in [0.1, 0.15) is 0 Å². The van der Waals surface area contributed by atoms with Gasteiger partial charge in [0, 0.05) is 31.0 Å². The Bertz CT molecular complexity index is 570. The van der Waals surface area contributed by atoms with Crippen LogP contribution in [0, 0.1) is 12.8 Å². The van der Waals surface area contributed by atoms with Crippen molar-refractivity contribution in [3.8, 4) is 0 Å². The number of rotatable bonds is 5. The Balaban J connectivity index is 1.44. The van der Waals surface area contributed by atoms with Gasteiger partial charge in [0.25, 0.3) is 0 Å². The second-order valence-corrected chi connectivity index (χ2v) is 8.74. The zero-order chi connectivity index (χ0) is 16.4. The van der Waals surface area contributed by atoms with E-state index in [1.165, 1.54) is 0 Å². The van der Waals surface area contributed by atoms with Crippen molar-refractivity contribution in [2.45, 2.75) is 51.1 Å². The smallest absolute Gasteiger partial charge is 0.222 e. The molecule has 1 atom stereocenters. The molecule has 0 unspecified atom stereocenters. The summed E-state index contributed by atoms with van der Waals surface area (Å²) >= 11 is 1.98. The molecule has 2 aliphatic heterocycles. The molecule has 1 aromatic heterocycles. The third-order valence-electron chi connectivity index (χ3n) is 4.48. The number of nitrogens with zero attached hydrogens (tertiary/aromatic N) is 2. The zero-order valence-electron chi connectivity index (χ0n) is 14.2. The third-order valence-corrected chi connectivity index (χ3v) is 6.06. The van der Waals surface area contributed by atoms with E-state index in [0.717, 1.165) is 36.7 Å². The lowest BCUT2D eigenvalue weighted by Crippen LogP contribution is -2.60. The maximum absolute atomic E-state index is 12.1. The molecule has 0 bridgehead atoms. The summed E-state index contributed by atoms with van der Waals surface area (Å²) in [6.45, 7) is 8.57. The number of likely N-dealkylation sites (tertiary alicyclic amines) is 1. The highest BCUT2D eigenvalue weighted by molar-refractivity contribution is 8.01. The van der Waals surface area contributed by atoms with Gasteiger partial charge in [-0.15, -0.1) is 11.8 Å². The van der Waals surface area contributed by atoms with Gasteiger partial charge in [-0.1, -0.05) is 19.9 Å². The van der Waals surface area contributed by atoms with Gasteiger partial charge < -0.3 is 9.64 Å². The highest BCUT2D eigenvalue weighted by atomic mass is 32.2. The van der Waals surface area contributed by atoms with Crippen LogP contribution in [0.25, 0.3) is 0 Å². The van der Waals surface area contributed by atoms with Crippen molar-refractivity contribution >= 4 is 17.7 Å². The first kappa shape index (κ1) is 16.8. The molecule has 1 spiro atoms. The van der Waals surface area contributed by atoms with E-state index in [1.54, 1.807) is 0 Å². The minimum absolute atomic E-state index is 0.247. The van der Waals surface area contributed by atoms with E-state index in [1.807, 2.05) is 41.8 Å². The van der Waals surface area contributed by atoms with Gasteiger partial charge in [-0.3, -0.25) is 9.78 Å². The van der Waals surface area contributed by atoms with Gasteiger partial charge in [0.05, 0.1) is 23.2 Å². The van der Waals surface area contributed by atoms with E-state index in [4.69, 9.17) is 4.74 Å². The standard InChI is InChI=1S/C18H26N2O2S/c1-13(2)7-17(21)20-11-18(12-20)8-16(10-23-18)22-9-15-6-4-5-14(3)19-15/h4-6,13,16H,7-12H2,1-3H3/t16-/m0/s1. The molecule has 0 radical (unpaired) electrons. The minimum atomic E-state index is 0.247. The number of carbonyl (C=O) groups is 1. The number of thioether (sulfide) groups is 1. The van der Waals surface area contributed by atoms with Crippen LogP contribution in [0.2, 0.25) is 0 Å². The molecule has 0 saturated carbocycles. The Kier molecular flexibility index (Phi) is 4.97. The van der Waals surface area contributed by atoms with E-state index < -0.39 is 0 Å². The van der Waals surface area contributed by atoms with Gasteiger partial charge in [0.15, 0.2) is 0 Å². The lowest BCUT2D eigenvalue weighted by molar-refractivity contribution is -0.137. The second-order valence-electron chi connectivity index (χ2n) is 7.25. The van der Waals surface area contributed by atoms with Crippen LogP contribution < -0.4 is 0 Å². The number of aryl methyl sites for hydroxylation is 1. The molecule has 4 nitrogen and oxygen atoms in total. The molecule has 3 rings (SSSR count). The van der Waals surface area contributed by atoms with Gasteiger partial charge in [-0.2, -0.15) is 0 Å². The Hall–Kier alpha value is -1.07. The van der Waals surface area contributed by atoms with Crippen molar-refractivity contribution in [1.29, 1.82) is 0 Å². The number of aromatic nitrogens is 1. The van der Waals surface area contributed by atoms with E-state index in [-0.39, 0.29) is 10.9 Å². The summed E-state index contributed by atoms with van der Waals surface area (Å²) in [6, 6.07) is 6.04. The number of amides is 1. The van der Waals surface area contributed by atoms with Gasteiger partial charge >= 0.3 is 0 Å². The van der Waals surface area contributed by atoms with Gasteiger partial charge in [-0.05, 0) is 31.4 Å². The lowest BCUT2D eigenvalue weighted by atomic mass is 9.92. The molecule has 2 aliphatic rings. The summed E-state index contributed by atoms with van der Waals surface area (Å²) in [5, 5.41) is 0. The van der Waals surface area contributed by atoms with Gasteiger partial charge in [0.2, 0.25) is 5.91 Å². The van der Waals surface area contributed by atoms with Crippen molar-refractivity contribution in [1.82, 2.24) is 9.88 Å². The Morgan fingerprint density at radius 2 is 2.26 bits per heavy atom. The number of hydrogen-bond acceptors (Lipinski definition) is 4. The SMILES string of the molecule is Cc1cccc(CO[C@@H]2CSC3(C2)CN(C(=O)CC(C)C)C3)n1. The molecular formula is C18H26N2O2S. The van der Waals surface area contributed by atoms with Crippen molar-refractivity contribution in [2.75, 3.05) is 18.8 Å². The van der Waals surface area contributed by atoms with E-state index in [0.29, 0.717) is 24.9 Å². The first-order valence-corrected chi connectivity index (χ1v) is 9.40. The molecule has 0 N–H and O–H groups in total. The van der Waals surface area contributed by atoms with Crippen molar-refractivity contribution in [2.24, 2.45) is 5.92 Å². The molecule has 3 heterocycles. The minimum Gasteiger partial charge on any atom is -0.371 e. The number of pyridine rings is 1. The summed E-state index contributed by atoms with van der Waals surface area (Å²) < 4.78 is 6.30. The molecule has 0 aromatic carbocycles. The number of carbonyl (C=O) groups excluding carboxylic acids is 1. The zero-order valence-corrected chi connectivity index (χ0v) is 15.1. The maximum atomic E-state index is 12.1. The molecule has 2 fully saturated rings. The van der Waals surface area contributed by atoms with Crippen LogP contribution in [0.5, 0.6) is 0 Å². The molecule has 2 saturated heterocycles. The fourth-order valence-electron chi connectivity index (χ4n) is 3.32. The van der Waals surface area contributed by atoms with Crippen LogP contribution in [0.15, 0.2) is 18.2 Å². The Morgan fingerprint density at radius 1 is 1.48 bits per heavy atom. The maximum Gasteiger partial charge on any atom is 0.222 e. The van der Waals surface area contributed by atoms with E-state index in [9.17, 15) is 4.79 Å². The Morgan fingerprint density at radius 3 is 2.96 bits per heavy atom. The largest absolute Gasteiger partial charge is 0.371 e. The second kappa shape index (κ2) is 6.81. The highest BCUT2D eigenvalue weighted by Gasteiger charge is 2.50. The number of ether oxygens (including phenoxy) is 1. The van der Waals surface area contributed by atoms with E-state index >= 15 is 0 Å². The lowest BCUT2D eigenvalue weighted by Gasteiger charge is -2.47. The summed E-state index contributed by atoms with van der Waals surface area (Å²) in [5.74, 6) is 1.77. The molecule has 1 amide bonds.